The minimum absolute atomic E-state index is 0.0420. The molecule has 120 valence electrons. The van der Waals surface area contributed by atoms with Crippen molar-refractivity contribution in [2.75, 3.05) is 11.9 Å². The summed E-state index contributed by atoms with van der Waals surface area (Å²) in [6.45, 7) is 0.394. The van der Waals surface area contributed by atoms with Crippen molar-refractivity contribution in [3.63, 3.8) is 0 Å². The molecule has 0 bridgehead atoms. The molecule has 0 saturated heterocycles. The van der Waals surface area contributed by atoms with Gasteiger partial charge in [-0.15, -0.1) is 5.10 Å². The number of hydrogen-bond acceptors (Lipinski definition) is 5. The first kappa shape index (κ1) is 14.4. The number of carbonyl (C=O) groups excluding carboxylic acids is 1. The van der Waals surface area contributed by atoms with Gasteiger partial charge < -0.3 is 10.1 Å². The Morgan fingerprint density at radius 1 is 1.17 bits per heavy atom. The van der Waals surface area contributed by atoms with E-state index in [9.17, 15) is 4.79 Å². The largest absolute Gasteiger partial charge is 0.492 e. The van der Waals surface area contributed by atoms with Gasteiger partial charge in [0.15, 0.2) is 0 Å². The monoisotopic (exact) mass is 321 g/mol. The smallest absolute Gasteiger partial charge is 0.231 e. The molecular weight excluding hydrogens is 306 g/mol. The molecule has 3 aromatic rings. The molecule has 1 unspecified atom stereocenters. The number of fused-ring (bicyclic) bond motifs is 1. The molecule has 1 atom stereocenters. The van der Waals surface area contributed by atoms with E-state index in [-0.39, 0.29) is 11.8 Å². The van der Waals surface area contributed by atoms with Gasteiger partial charge in [-0.05, 0) is 52.7 Å². The van der Waals surface area contributed by atoms with Crippen LogP contribution in [0.1, 0.15) is 5.56 Å². The highest BCUT2D eigenvalue weighted by Gasteiger charge is 2.25. The van der Waals surface area contributed by atoms with Crippen LogP contribution in [0.4, 0.5) is 5.69 Å². The predicted octanol–water partition coefficient (Wildman–Crippen LogP) is 1.85. The Balaban J connectivity index is 1.43. The summed E-state index contributed by atoms with van der Waals surface area (Å²) >= 11 is 0. The second-order valence-electron chi connectivity index (χ2n) is 5.61. The number of benzene rings is 2. The molecule has 7 nitrogen and oxygen atoms in total. The normalized spacial score (nSPS) is 16.1. The molecule has 7 heteroatoms. The summed E-state index contributed by atoms with van der Waals surface area (Å²) < 4.78 is 7.23. The third kappa shape index (κ3) is 2.83. The van der Waals surface area contributed by atoms with Crippen molar-refractivity contribution in [2.45, 2.75) is 6.42 Å². The minimum atomic E-state index is -0.195. The van der Waals surface area contributed by atoms with Gasteiger partial charge >= 0.3 is 0 Å². The van der Waals surface area contributed by atoms with Crippen LogP contribution in [0.2, 0.25) is 0 Å². The molecule has 2 aromatic carbocycles. The first-order valence-corrected chi connectivity index (χ1v) is 7.64. The Morgan fingerprint density at radius 2 is 2.00 bits per heavy atom. The van der Waals surface area contributed by atoms with E-state index in [0.29, 0.717) is 13.0 Å². The first-order valence-electron chi connectivity index (χ1n) is 7.64. The SMILES string of the molecule is O=C(Nc1ccc(-n2cnnn2)cc1)C1COc2ccccc2C1. The molecule has 4 rings (SSSR count). The maximum Gasteiger partial charge on any atom is 0.231 e. The molecule has 1 aliphatic heterocycles. The summed E-state index contributed by atoms with van der Waals surface area (Å²) in [4.78, 5) is 12.5. The van der Waals surface area contributed by atoms with Gasteiger partial charge in [0.05, 0.1) is 11.6 Å². The summed E-state index contributed by atoms with van der Waals surface area (Å²) in [5.74, 6) is 0.631. The van der Waals surface area contributed by atoms with Crippen LogP contribution in [0, 0.1) is 5.92 Å². The standard InChI is InChI=1S/C17H15N5O2/c23-17(13-9-12-3-1-2-4-16(12)24-10-13)19-14-5-7-15(8-6-14)22-11-18-20-21-22/h1-8,11,13H,9-10H2,(H,19,23). The number of anilines is 1. The molecule has 1 aliphatic rings. The molecule has 2 heterocycles. The highest BCUT2D eigenvalue weighted by molar-refractivity contribution is 5.93. The van der Waals surface area contributed by atoms with Gasteiger partial charge in [0, 0.05) is 5.69 Å². The van der Waals surface area contributed by atoms with Crippen LogP contribution in [0.15, 0.2) is 54.9 Å². The topological polar surface area (TPSA) is 81.9 Å². The lowest BCUT2D eigenvalue weighted by atomic mass is 9.96. The average molecular weight is 321 g/mol. The third-order valence-electron chi connectivity index (χ3n) is 4.00. The number of rotatable bonds is 3. The minimum Gasteiger partial charge on any atom is -0.492 e. The fourth-order valence-corrected chi connectivity index (χ4v) is 2.72. The van der Waals surface area contributed by atoms with Crippen LogP contribution in [-0.4, -0.2) is 32.7 Å². The highest BCUT2D eigenvalue weighted by Crippen LogP contribution is 2.27. The Bertz CT molecular complexity index is 846. The number of ether oxygens (including phenoxy) is 1. The van der Waals surface area contributed by atoms with E-state index in [2.05, 4.69) is 20.8 Å². The van der Waals surface area contributed by atoms with Crippen molar-refractivity contribution in [3.05, 3.63) is 60.4 Å². The van der Waals surface area contributed by atoms with Gasteiger partial charge in [0.2, 0.25) is 5.91 Å². The van der Waals surface area contributed by atoms with E-state index in [4.69, 9.17) is 4.74 Å². The Morgan fingerprint density at radius 3 is 2.79 bits per heavy atom. The van der Waals surface area contributed by atoms with Crippen molar-refractivity contribution < 1.29 is 9.53 Å². The fraction of sp³-hybridized carbons (Fsp3) is 0.176. The average Bonchev–Trinajstić information content (AvgIpc) is 3.16. The third-order valence-corrected chi connectivity index (χ3v) is 4.00. The van der Waals surface area contributed by atoms with Crippen LogP contribution in [0.3, 0.4) is 0 Å². The molecule has 1 N–H and O–H groups in total. The number of nitrogens with zero attached hydrogens (tertiary/aromatic N) is 4. The van der Waals surface area contributed by atoms with E-state index in [1.54, 1.807) is 4.68 Å². The zero-order chi connectivity index (χ0) is 16.4. The fourth-order valence-electron chi connectivity index (χ4n) is 2.72. The summed E-state index contributed by atoms with van der Waals surface area (Å²) in [5.41, 5.74) is 2.63. The molecule has 0 saturated carbocycles. The van der Waals surface area contributed by atoms with Gasteiger partial charge in [0.25, 0.3) is 0 Å². The van der Waals surface area contributed by atoms with Gasteiger partial charge in [-0.2, -0.15) is 0 Å². The van der Waals surface area contributed by atoms with E-state index < -0.39 is 0 Å². The summed E-state index contributed by atoms with van der Waals surface area (Å²) in [5, 5.41) is 14.0. The number of carbonyl (C=O) groups is 1. The number of para-hydroxylation sites is 1. The second kappa shape index (κ2) is 6.11. The van der Waals surface area contributed by atoms with E-state index in [0.717, 1.165) is 22.7 Å². The summed E-state index contributed by atoms with van der Waals surface area (Å²) in [7, 11) is 0. The molecular formula is C17H15N5O2. The van der Waals surface area contributed by atoms with E-state index in [1.165, 1.54) is 6.33 Å². The van der Waals surface area contributed by atoms with Crippen LogP contribution >= 0.6 is 0 Å². The Labute approximate surface area is 138 Å². The van der Waals surface area contributed by atoms with Crippen molar-refractivity contribution >= 4 is 11.6 Å². The van der Waals surface area contributed by atoms with Crippen LogP contribution in [0.25, 0.3) is 5.69 Å². The maximum absolute atomic E-state index is 12.5. The van der Waals surface area contributed by atoms with Gasteiger partial charge in [-0.25, -0.2) is 4.68 Å². The van der Waals surface area contributed by atoms with Crippen molar-refractivity contribution in [2.24, 2.45) is 5.92 Å². The molecule has 0 radical (unpaired) electrons. The van der Waals surface area contributed by atoms with Gasteiger partial charge in [0.1, 0.15) is 18.7 Å². The van der Waals surface area contributed by atoms with Crippen molar-refractivity contribution in [1.82, 2.24) is 20.2 Å². The van der Waals surface area contributed by atoms with Gasteiger partial charge in [-0.3, -0.25) is 4.79 Å². The van der Waals surface area contributed by atoms with Crippen molar-refractivity contribution in [1.29, 1.82) is 0 Å². The molecule has 0 fully saturated rings. The number of aromatic nitrogens is 4. The van der Waals surface area contributed by atoms with Crippen LogP contribution in [0.5, 0.6) is 5.75 Å². The maximum atomic E-state index is 12.5. The number of hydrogen-bond donors (Lipinski definition) is 1. The van der Waals surface area contributed by atoms with E-state index >= 15 is 0 Å². The first-order chi connectivity index (χ1) is 11.8. The lowest BCUT2D eigenvalue weighted by Crippen LogP contribution is -2.32. The lowest BCUT2D eigenvalue weighted by Gasteiger charge is -2.24. The second-order valence-corrected chi connectivity index (χ2v) is 5.61. The van der Waals surface area contributed by atoms with Crippen LogP contribution in [-0.2, 0) is 11.2 Å². The number of tetrazole rings is 1. The molecule has 1 aromatic heterocycles. The number of nitrogens with one attached hydrogen (secondary N) is 1. The van der Waals surface area contributed by atoms with E-state index in [1.807, 2.05) is 48.5 Å². The Hall–Kier alpha value is -3.22. The van der Waals surface area contributed by atoms with Crippen LogP contribution < -0.4 is 10.1 Å². The van der Waals surface area contributed by atoms with Gasteiger partial charge in [-0.1, -0.05) is 18.2 Å². The summed E-state index contributed by atoms with van der Waals surface area (Å²) in [6, 6.07) is 15.2. The molecule has 0 spiro atoms. The molecule has 0 aliphatic carbocycles. The Kier molecular flexibility index (Phi) is 3.66. The predicted molar refractivity (Wildman–Crippen MR) is 86.9 cm³/mol. The lowest BCUT2D eigenvalue weighted by molar-refractivity contribution is -0.121. The summed E-state index contributed by atoms with van der Waals surface area (Å²) in [6.07, 6.45) is 2.20. The zero-order valence-electron chi connectivity index (χ0n) is 12.8. The zero-order valence-corrected chi connectivity index (χ0v) is 12.8. The molecule has 1 amide bonds. The number of amides is 1. The highest BCUT2D eigenvalue weighted by atomic mass is 16.5. The van der Waals surface area contributed by atoms with Crippen molar-refractivity contribution in [3.8, 4) is 11.4 Å². The quantitative estimate of drug-likeness (QED) is 0.796. The molecule has 24 heavy (non-hydrogen) atoms.